The zero-order valence-corrected chi connectivity index (χ0v) is 12.2. The fourth-order valence-electron chi connectivity index (χ4n) is 1.67. The van der Waals surface area contributed by atoms with E-state index in [-0.39, 0.29) is 5.78 Å². The summed E-state index contributed by atoms with van der Waals surface area (Å²) in [6, 6.07) is 9.54. The second kappa shape index (κ2) is 5.83. The molecule has 0 fully saturated rings. The van der Waals surface area contributed by atoms with Crippen LogP contribution in [0.3, 0.4) is 0 Å². The lowest BCUT2D eigenvalue weighted by molar-refractivity contribution is 0.103. The van der Waals surface area contributed by atoms with E-state index in [0.717, 1.165) is 0 Å². The average molecular weight is 316 g/mol. The average Bonchev–Trinajstić information content (AvgIpc) is 2.37. The van der Waals surface area contributed by atoms with Crippen LogP contribution in [0.2, 0.25) is 15.1 Å². The molecule has 2 aromatic carbocycles. The molecule has 0 N–H and O–H groups in total. The van der Waals surface area contributed by atoms with Gasteiger partial charge in [-0.15, -0.1) is 0 Å². The summed E-state index contributed by atoms with van der Waals surface area (Å²) in [5.41, 5.74) is 0.766. The van der Waals surface area contributed by atoms with Gasteiger partial charge in [-0.3, -0.25) is 4.79 Å². The van der Waals surface area contributed by atoms with Crippen molar-refractivity contribution < 1.29 is 9.53 Å². The minimum atomic E-state index is -0.241. The second-order valence-corrected chi connectivity index (χ2v) is 5.08. The maximum Gasteiger partial charge on any atom is 0.198 e. The van der Waals surface area contributed by atoms with E-state index in [1.807, 2.05) is 0 Å². The minimum Gasteiger partial charge on any atom is -0.496 e. The van der Waals surface area contributed by atoms with Crippen LogP contribution < -0.4 is 4.74 Å². The van der Waals surface area contributed by atoms with E-state index in [0.29, 0.717) is 31.9 Å². The summed E-state index contributed by atoms with van der Waals surface area (Å²) in [5.74, 6) is 0.165. The molecule has 0 aliphatic rings. The van der Waals surface area contributed by atoms with Gasteiger partial charge in [-0.2, -0.15) is 0 Å². The van der Waals surface area contributed by atoms with Gasteiger partial charge in [-0.05, 0) is 36.4 Å². The predicted molar refractivity (Wildman–Crippen MR) is 77.9 cm³/mol. The van der Waals surface area contributed by atoms with Crippen molar-refractivity contribution >= 4 is 40.6 Å². The summed E-state index contributed by atoms with van der Waals surface area (Å²) in [5, 5.41) is 1.27. The van der Waals surface area contributed by atoms with Gasteiger partial charge in [0.2, 0.25) is 0 Å². The van der Waals surface area contributed by atoms with Crippen LogP contribution in [0.5, 0.6) is 5.75 Å². The lowest BCUT2D eigenvalue weighted by Crippen LogP contribution is -2.04. The monoisotopic (exact) mass is 314 g/mol. The number of carbonyl (C=O) groups excluding carboxylic acids is 1. The first-order chi connectivity index (χ1) is 9.02. The van der Waals surface area contributed by atoms with E-state index < -0.39 is 0 Å². The Morgan fingerprint density at radius 3 is 2.11 bits per heavy atom. The maximum absolute atomic E-state index is 12.4. The molecule has 98 valence electrons. The van der Waals surface area contributed by atoms with Crippen molar-refractivity contribution in [1.29, 1.82) is 0 Å². The van der Waals surface area contributed by atoms with Crippen LogP contribution in [-0.4, -0.2) is 12.9 Å². The summed E-state index contributed by atoms with van der Waals surface area (Å²) in [6.07, 6.45) is 0. The third kappa shape index (κ3) is 3.03. The summed E-state index contributed by atoms with van der Waals surface area (Å²) < 4.78 is 5.16. The van der Waals surface area contributed by atoms with Crippen LogP contribution in [0.25, 0.3) is 0 Å². The van der Waals surface area contributed by atoms with E-state index in [4.69, 9.17) is 39.5 Å². The Morgan fingerprint density at radius 1 is 0.947 bits per heavy atom. The zero-order chi connectivity index (χ0) is 14.0. The van der Waals surface area contributed by atoms with Gasteiger partial charge in [-0.25, -0.2) is 0 Å². The molecule has 0 saturated heterocycles. The quantitative estimate of drug-likeness (QED) is 0.754. The van der Waals surface area contributed by atoms with Crippen LogP contribution in [0.1, 0.15) is 15.9 Å². The van der Waals surface area contributed by atoms with Crippen molar-refractivity contribution in [3.05, 3.63) is 62.6 Å². The SMILES string of the molecule is COc1cc(Cl)ccc1C(=O)c1ccc(Cl)cc1Cl. The molecule has 2 rings (SSSR count). The molecule has 0 bridgehead atoms. The van der Waals surface area contributed by atoms with Gasteiger partial charge in [0.25, 0.3) is 0 Å². The lowest BCUT2D eigenvalue weighted by Gasteiger charge is -2.09. The Kier molecular flexibility index (Phi) is 4.35. The highest BCUT2D eigenvalue weighted by Crippen LogP contribution is 2.29. The number of hydrogen-bond donors (Lipinski definition) is 0. The molecule has 0 radical (unpaired) electrons. The van der Waals surface area contributed by atoms with Crippen LogP contribution in [0.4, 0.5) is 0 Å². The highest BCUT2D eigenvalue weighted by atomic mass is 35.5. The maximum atomic E-state index is 12.4. The molecule has 0 spiro atoms. The summed E-state index contributed by atoms with van der Waals surface area (Å²) in [7, 11) is 1.48. The molecule has 0 aliphatic carbocycles. The van der Waals surface area contributed by atoms with Crippen LogP contribution in [0.15, 0.2) is 36.4 Å². The predicted octanol–water partition coefficient (Wildman–Crippen LogP) is 4.89. The van der Waals surface area contributed by atoms with Gasteiger partial charge in [0.15, 0.2) is 5.78 Å². The van der Waals surface area contributed by atoms with E-state index in [1.54, 1.807) is 30.3 Å². The van der Waals surface area contributed by atoms with Gasteiger partial charge < -0.3 is 4.74 Å². The van der Waals surface area contributed by atoms with E-state index in [9.17, 15) is 4.79 Å². The van der Waals surface area contributed by atoms with Crippen molar-refractivity contribution in [2.45, 2.75) is 0 Å². The lowest BCUT2D eigenvalue weighted by atomic mass is 10.0. The van der Waals surface area contributed by atoms with E-state index >= 15 is 0 Å². The molecule has 0 aliphatic heterocycles. The number of hydrogen-bond acceptors (Lipinski definition) is 2. The molecule has 0 heterocycles. The highest BCUT2D eigenvalue weighted by molar-refractivity contribution is 6.37. The minimum absolute atomic E-state index is 0.241. The normalized spacial score (nSPS) is 10.3. The molecule has 0 unspecified atom stereocenters. The van der Waals surface area contributed by atoms with Crippen molar-refractivity contribution in [3.63, 3.8) is 0 Å². The number of halogens is 3. The summed E-state index contributed by atoms with van der Waals surface area (Å²) in [6.45, 7) is 0. The largest absolute Gasteiger partial charge is 0.496 e. The third-order valence-corrected chi connectivity index (χ3v) is 3.37. The van der Waals surface area contributed by atoms with E-state index in [2.05, 4.69) is 0 Å². The zero-order valence-electron chi connectivity index (χ0n) is 9.91. The second-order valence-electron chi connectivity index (χ2n) is 3.80. The fraction of sp³-hybridized carbons (Fsp3) is 0.0714. The summed E-state index contributed by atoms with van der Waals surface area (Å²) in [4.78, 5) is 12.4. The standard InChI is InChI=1S/C14H9Cl3O2/c1-19-13-7-9(16)3-5-11(13)14(18)10-4-2-8(15)6-12(10)17/h2-7H,1H3. The molecule has 0 saturated carbocycles. The molecule has 5 heteroatoms. The first kappa shape index (κ1) is 14.2. The van der Waals surface area contributed by atoms with E-state index in [1.165, 1.54) is 13.2 Å². The molecular weight excluding hydrogens is 307 g/mol. The van der Waals surface area contributed by atoms with Crippen molar-refractivity contribution in [3.8, 4) is 5.75 Å². The van der Waals surface area contributed by atoms with Crippen molar-refractivity contribution in [2.75, 3.05) is 7.11 Å². The van der Waals surface area contributed by atoms with Gasteiger partial charge in [0.05, 0.1) is 17.7 Å². The third-order valence-electron chi connectivity index (χ3n) is 2.58. The Bertz CT molecular complexity index is 639. The molecular formula is C14H9Cl3O2. The molecule has 2 aromatic rings. The smallest absolute Gasteiger partial charge is 0.198 e. The molecule has 2 nitrogen and oxygen atoms in total. The van der Waals surface area contributed by atoms with Crippen molar-refractivity contribution in [1.82, 2.24) is 0 Å². The van der Waals surface area contributed by atoms with Gasteiger partial charge in [-0.1, -0.05) is 34.8 Å². The first-order valence-electron chi connectivity index (χ1n) is 5.36. The van der Waals surface area contributed by atoms with Crippen molar-refractivity contribution in [2.24, 2.45) is 0 Å². The van der Waals surface area contributed by atoms with Crippen LogP contribution in [-0.2, 0) is 0 Å². The highest BCUT2D eigenvalue weighted by Gasteiger charge is 2.17. The Hall–Kier alpha value is -1.22. The number of benzene rings is 2. The topological polar surface area (TPSA) is 26.3 Å². The number of ether oxygens (including phenoxy) is 1. The first-order valence-corrected chi connectivity index (χ1v) is 6.49. The Balaban J connectivity index is 2.50. The Morgan fingerprint density at radius 2 is 1.53 bits per heavy atom. The van der Waals surface area contributed by atoms with Gasteiger partial charge >= 0.3 is 0 Å². The number of carbonyl (C=O) groups is 1. The fourth-order valence-corrected chi connectivity index (χ4v) is 2.33. The van der Waals surface area contributed by atoms with Gasteiger partial charge in [0, 0.05) is 15.6 Å². The summed E-state index contributed by atoms with van der Waals surface area (Å²) >= 11 is 17.7. The number of methoxy groups -OCH3 is 1. The Labute approximate surface area is 125 Å². The molecule has 0 aromatic heterocycles. The molecule has 0 atom stereocenters. The number of rotatable bonds is 3. The molecule has 0 amide bonds. The van der Waals surface area contributed by atoms with Crippen LogP contribution >= 0.6 is 34.8 Å². The van der Waals surface area contributed by atoms with Gasteiger partial charge in [0.1, 0.15) is 5.75 Å². The van der Waals surface area contributed by atoms with Crippen LogP contribution in [0, 0.1) is 0 Å². The number of ketones is 1. The molecule has 19 heavy (non-hydrogen) atoms.